The highest BCUT2D eigenvalue weighted by Crippen LogP contribution is 2.52. The average molecular weight is 140 g/mol. The van der Waals surface area contributed by atoms with Crippen LogP contribution in [-0.2, 0) is 4.79 Å². The number of carbonyl (C=O) groups is 1. The molecular formula is C9H16O. The van der Waals surface area contributed by atoms with E-state index in [2.05, 4.69) is 6.92 Å². The lowest BCUT2D eigenvalue weighted by Gasteiger charge is -2.09. The minimum Gasteiger partial charge on any atom is -0.300 e. The average Bonchev–Trinajstić information content (AvgIpc) is 2.64. The highest BCUT2D eigenvalue weighted by atomic mass is 16.1. The third kappa shape index (κ3) is 1.83. The molecule has 1 saturated carbocycles. The van der Waals surface area contributed by atoms with E-state index in [-0.39, 0.29) is 0 Å². The first-order valence-corrected chi connectivity index (χ1v) is 4.18. The van der Waals surface area contributed by atoms with Crippen molar-refractivity contribution in [2.24, 2.45) is 5.41 Å². The van der Waals surface area contributed by atoms with Crippen LogP contribution in [0, 0.1) is 5.41 Å². The summed E-state index contributed by atoms with van der Waals surface area (Å²) in [6, 6.07) is 0. The van der Waals surface area contributed by atoms with Gasteiger partial charge < -0.3 is 4.79 Å². The molecule has 0 unspecified atom stereocenters. The second kappa shape index (κ2) is 2.73. The molecule has 0 atom stereocenters. The van der Waals surface area contributed by atoms with Crippen molar-refractivity contribution in [3.63, 3.8) is 0 Å². The van der Waals surface area contributed by atoms with E-state index >= 15 is 0 Å². The molecule has 0 heterocycles. The number of carbonyl (C=O) groups excluding carboxylic acids is 1. The number of rotatable bonds is 4. The van der Waals surface area contributed by atoms with Crippen molar-refractivity contribution in [3.05, 3.63) is 0 Å². The third-order valence-corrected chi connectivity index (χ3v) is 2.71. The Hall–Kier alpha value is -0.330. The highest BCUT2D eigenvalue weighted by Gasteiger charge is 2.39. The van der Waals surface area contributed by atoms with Crippen LogP contribution in [-0.4, -0.2) is 5.78 Å². The van der Waals surface area contributed by atoms with Crippen LogP contribution in [0.2, 0.25) is 0 Å². The standard InChI is InChI=1S/C9H16O/c1-3-9(6-7-9)5-4-8(2)10/h3-7H2,1-2H3. The van der Waals surface area contributed by atoms with Gasteiger partial charge in [0.25, 0.3) is 0 Å². The maximum atomic E-state index is 10.6. The van der Waals surface area contributed by atoms with Crippen molar-refractivity contribution in [1.29, 1.82) is 0 Å². The summed E-state index contributed by atoms with van der Waals surface area (Å²) in [6.07, 6.45) is 5.92. The van der Waals surface area contributed by atoms with E-state index in [4.69, 9.17) is 0 Å². The van der Waals surface area contributed by atoms with Crippen molar-refractivity contribution in [1.82, 2.24) is 0 Å². The largest absolute Gasteiger partial charge is 0.300 e. The summed E-state index contributed by atoms with van der Waals surface area (Å²) in [7, 11) is 0. The molecule has 0 aromatic heterocycles. The predicted molar refractivity (Wildman–Crippen MR) is 41.9 cm³/mol. The summed E-state index contributed by atoms with van der Waals surface area (Å²) in [6.45, 7) is 3.92. The van der Waals surface area contributed by atoms with Crippen molar-refractivity contribution in [2.75, 3.05) is 0 Å². The van der Waals surface area contributed by atoms with Gasteiger partial charge in [-0.05, 0) is 31.6 Å². The molecule has 1 aliphatic rings. The van der Waals surface area contributed by atoms with E-state index in [0.29, 0.717) is 11.2 Å². The summed E-state index contributed by atoms with van der Waals surface area (Å²) in [4.78, 5) is 10.6. The van der Waals surface area contributed by atoms with Gasteiger partial charge in [0.15, 0.2) is 0 Å². The number of ketones is 1. The van der Waals surface area contributed by atoms with Crippen LogP contribution in [0.25, 0.3) is 0 Å². The molecule has 58 valence electrons. The normalized spacial score (nSPS) is 20.6. The molecule has 0 aliphatic heterocycles. The molecule has 0 N–H and O–H groups in total. The Bertz CT molecular complexity index is 134. The van der Waals surface area contributed by atoms with Gasteiger partial charge in [-0.2, -0.15) is 0 Å². The summed E-state index contributed by atoms with van der Waals surface area (Å²) < 4.78 is 0. The molecule has 0 bridgehead atoms. The molecule has 0 aromatic carbocycles. The SMILES string of the molecule is CCC1(CCC(C)=O)CC1. The minimum absolute atomic E-state index is 0.347. The molecule has 0 aromatic rings. The van der Waals surface area contributed by atoms with E-state index in [9.17, 15) is 4.79 Å². The fraction of sp³-hybridized carbons (Fsp3) is 0.889. The molecule has 10 heavy (non-hydrogen) atoms. The zero-order valence-electron chi connectivity index (χ0n) is 6.94. The summed E-state index contributed by atoms with van der Waals surface area (Å²) in [5.74, 6) is 0.347. The Morgan fingerprint density at radius 1 is 1.50 bits per heavy atom. The monoisotopic (exact) mass is 140 g/mol. The van der Waals surface area contributed by atoms with Gasteiger partial charge in [-0.25, -0.2) is 0 Å². The fourth-order valence-electron chi connectivity index (χ4n) is 1.40. The Balaban J connectivity index is 2.19. The molecule has 1 fully saturated rings. The van der Waals surface area contributed by atoms with E-state index < -0.39 is 0 Å². The number of hydrogen-bond acceptors (Lipinski definition) is 1. The van der Waals surface area contributed by atoms with Crippen molar-refractivity contribution in [3.8, 4) is 0 Å². The van der Waals surface area contributed by atoms with Crippen LogP contribution in [0.5, 0.6) is 0 Å². The van der Waals surface area contributed by atoms with Gasteiger partial charge in [-0.1, -0.05) is 13.3 Å². The first kappa shape index (κ1) is 7.77. The minimum atomic E-state index is 0.347. The zero-order valence-corrected chi connectivity index (χ0v) is 6.94. The number of hydrogen-bond donors (Lipinski definition) is 0. The van der Waals surface area contributed by atoms with Crippen molar-refractivity contribution >= 4 is 5.78 Å². The van der Waals surface area contributed by atoms with Crippen molar-refractivity contribution in [2.45, 2.75) is 46.0 Å². The molecule has 0 amide bonds. The van der Waals surface area contributed by atoms with Crippen LogP contribution >= 0.6 is 0 Å². The quantitative estimate of drug-likeness (QED) is 0.586. The van der Waals surface area contributed by atoms with Gasteiger partial charge in [0.1, 0.15) is 5.78 Å². The van der Waals surface area contributed by atoms with Gasteiger partial charge in [0, 0.05) is 6.42 Å². The van der Waals surface area contributed by atoms with E-state index in [1.165, 1.54) is 19.3 Å². The van der Waals surface area contributed by atoms with Gasteiger partial charge in [0.2, 0.25) is 0 Å². The summed E-state index contributed by atoms with van der Waals surface area (Å²) in [5, 5.41) is 0. The second-order valence-electron chi connectivity index (χ2n) is 3.56. The Morgan fingerprint density at radius 3 is 2.40 bits per heavy atom. The maximum Gasteiger partial charge on any atom is 0.129 e. The van der Waals surface area contributed by atoms with Crippen molar-refractivity contribution < 1.29 is 4.79 Å². The predicted octanol–water partition coefficient (Wildman–Crippen LogP) is 2.55. The van der Waals surface area contributed by atoms with E-state index in [1.807, 2.05) is 0 Å². The smallest absolute Gasteiger partial charge is 0.129 e. The van der Waals surface area contributed by atoms with Crippen LogP contribution in [0.4, 0.5) is 0 Å². The maximum absolute atomic E-state index is 10.6. The van der Waals surface area contributed by atoms with Gasteiger partial charge in [-0.3, -0.25) is 0 Å². The molecule has 0 spiro atoms. The van der Waals surface area contributed by atoms with E-state index in [1.54, 1.807) is 6.92 Å². The molecule has 1 aliphatic carbocycles. The topological polar surface area (TPSA) is 17.1 Å². The summed E-state index contributed by atoms with van der Waals surface area (Å²) in [5.41, 5.74) is 0.603. The second-order valence-corrected chi connectivity index (χ2v) is 3.56. The molecule has 1 rings (SSSR count). The first-order chi connectivity index (χ1) is 4.68. The lowest BCUT2D eigenvalue weighted by Crippen LogP contribution is -2.01. The number of Topliss-reactive ketones (excluding diaryl/α,β-unsaturated/α-hetero) is 1. The first-order valence-electron chi connectivity index (χ1n) is 4.18. The summed E-state index contributed by atoms with van der Waals surface area (Å²) >= 11 is 0. The molecular weight excluding hydrogens is 124 g/mol. The third-order valence-electron chi connectivity index (χ3n) is 2.71. The van der Waals surface area contributed by atoms with Crippen LogP contribution in [0.1, 0.15) is 46.0 Å². The van der Waals surface area contributed by atoms with Crippen LogP contribution in [0.3, 0.4) is 0 Å². The fourth-order valence-corrected chi connectivity index (χ4v) is 1.40. The molecule has 0 radical (unpaired) electrons. The molecule has 0 saturated heterocycles. The Kier molecular flexibility index (Phi) is 2.12. The zero-order chi connectivity index (χ0) is 7.61. The van der Waals surface area contributed by atoms with Crippen LogP contribution < -0.4 is 0 Å². The molecule has 1 heteroatoms. The Morgan fingerprint density at radius 2 is 2.10 bits per heavy atom. The van der Waals surface area contributed by atoms with Gasteiger partial charge >= 0.3 is 0 Å². The highest BCUT2D eigenvalue weighted by molar-refractivity contribution is 5.75. The Labute approximate surface area is 62.8 Å². The van der Waals surface area contributed by atoms with E-state index in [0.717, 1.165) is 12.8 Å². The lowest BCUT2D eigenvalue weighted by molar-refractivity contribution is -0.117. The lowest BCUT2D eigenvalue weighted by atomic mass is 9.96. The molecule has 1 nitrogen and oxygen atoms in total. The van der Waals surface area contributed by atoms with Crippen LogP contribution in [0.15, 0.2) is 0 Å². The van der Waals surface area contributed by atoms with Gasteiger partial charge in [0.05, 0.1) is 0 Å². The van der Waals surface area contributed by atoms with Gasteiger partial charge in [-0.15, -0.1) is 0 Å².